The number of unbranched alkanes of at least 4 members (excludes halogenated alkanes) is 3. The van der Waals surface area contributed by atoms with Crippen molar-refractivity contribution in [3.05, 3.63) is 103 Å². The molecule has 0 saturated heterocycles. The van der Waals surface area contributed by atoms with E-state index in [4.69, 9.17) is 4.74 Å². The molecule has 0 bridgehead atoms. The number of hydrogen-bond donors (Lipinski definition) is 0. The molecule has 0 radical (unpaired) electrons. The van der Waals surface area contributed by atoms with Crippen LogP contribution in [0.2, 0.25) is 0 Å². The molecule has 1 heteroatoms. The van der Waals surface area contributed by atoms with E-state index in [9.17, 15) is 0 Å². The van der Waals surface area contributed by atoms with E-state index in [1.165, 1.54) is 84.3 Å². The van der Waals surface area contributed by atoms with Crippen LogP contribution >= 0.6 is 0 Å². The SMILES string of the molecule is CCCCCCOc1ccc(-c2cc3cc4ccccc4c4c5ccccc5c5cccc2c5c34)cc1. The monoisotopic (exact) mass is 478 g/mol. The predicted octanol–water partition coefficient (Wildman–Crippen LogP) is 10.5. The van der Waals surface area contributed by atoms with Gasteiger partial charge in [0.2, 0.25) is 0 Å². The maximum Gasteiger partial charge on any atom is 0.119 e. The Labute approximate surface area is 217 Å². The molecule has 0 atom stereocenters. The summed E-state index contributed by atoms with van der Waals surface area (Å²) in [5, 5.41) is 13.3. The van der Waals surface area contributed by atoms with E-state index in [0.29, 0.717) is 0 Å². The van der Waals surface area contributed by atoms with Crippen molar-refractivity contribution >= 4 is 53.9 Å². The first-order valence-electron chi connectivity index (χ1n) is 13.6. The van der Waals surface area contributed by atoms with Gasteiger partial charge >= 0.3 is 0 Å². The third-order valence-electron chi connectivity index (χ3n) is 7.90. The van der Waals surface area contributed by atoms with Crippen molar-refractivity contribution < 1.29 is 4.74 Å². The van der Waals surface area contributed by atoms with Crippen LogP contribution in [0.5, 0.6) is 5.75 Å². The summed E-state index contributed by atoms with van der Waals surface area (Å²) in [6.07, 6.45) is 4.88. The van der Waals surface area contributed by atoms with Gasteiger partial charge in [-0.05, 0) is 95.7 Å². The van der Waals surface area contributed by atoms with Gasteiger partial charge in [0.25, 0.3) is 0 Å². The van der Waals surface area contributed by atoms with Crippen LogP contribution in [0.1, 0.15) is 32.6 Å². The molecule has 1 nitrogen and oxygen atoms in total. The highest BCUT2D eigenvalue weighted by Crippen LogP contribution is 2.46. The second-order valence-electron chi connectivity index (χ2n) is 10.2. The summed E-state index contributed by atoms with van der Waals surface area (Å²) in [5.41, 5.74) is 2.51. The van der Waals surface area contributed by atoms with Crippen molar-refractivity contribution in [3.63, 3.8) is 0 Å². The second-order valence-corrected chi connectivity index (χ2v) is 10.2. The molecule has 37 heavy (non-hydrogen) atoms. The molecule has 0 fully saturated rings. The smallest absolute Gasteiger partial charge is 0.119 e. The molecule has 0 heterocycles. The maximum absolute atomic E-state index is 6.03. The Balaban J connectivity index is 1.45. The zero-order valence-electron chi connectivity index (χ0n) is 21.3. The van der Waals surface area contributed by atoms with Gasteiger partial charge in [0, 0.05) is 0 Å². The summed E-state index contributed by atoms with van der Waals surface area (Å²) >= 11 is 0. The van der Waals surface area contributed by atoms with E-state index in [1.807, 2.05) is 0 Å². The minimum Gasteiger partial charge on any atom is -0.494 e. The first-order valence-corrected chi connectivity index (χ1v) is 13.6. The molecule has 0 saturated carbocycles. The highest BCUT2D eigenvalue weighted by atomic mass is 16.5. The van der Waals surface area contributed by atoms with E-state index in [1.54, 1.807) is 0 Å². The second kappa shape index (κ2) is 9.09. The molecule has 0 aromatic heterocycles. The highest BCUT2D eigenvalue weighted by molar-refractivity contribution is 6.39. The molecule has 0 spiro atoms. The molecular formula is C36H30O. The maximum atomic E-state index is 6.03. The Morgan fingerprint density at radius 1 is 0.514 bits per heavy atom. The molecule has 7 aromatic rings. The van der Waals surface area contributed by atoms with Crippen LogP contribution in [0.25, 0.3) is 65.0 Å². The Bertz CT molecular complexity index is 1880. The van der Waals surface area contributed by atoms with Crippen LogP contribution < -0.4 is 4.74 Å². The zero-order valence-corrected chi connectivity index (χ0v) is 21.3. The first kappa shape index (κ1) is 22.1. The summed E-state index contributed by atoms with van der Waals surface area (Å²) < 4.78 is 6.03. The van der Waals surface area contributed by atoms with Gasteiger partial charge in [-0.15, -0.1) is 0 Å². The molecule has 180 valence electrons. The summed E-state index contributed by atoms with van der Waals surface area (Å²) in [6.45, 7) is 3.03. The lowest BCUT2D eigenvalue weighted by atomic mass is 9.84. The Morgan fingerprint density at radius 2 is 1.19 bits per heavy atom. The number of rotatable bonds is 7. The van der Waals surface area contributed by atoms with Crippen molar-refractivity contribution in [1.82, 2.24) is 0 Å². The van der Waals surface area contributed by atoms with Crippen molar-refractivity contribution in [2.24, 2.45) is 0 Å². The van der Waals surface area contributed by atoms with Crippen molar-refractivity contribution in [2.45, 2.75) is 32.6 Å². The van der Waals surface area contributed by atoms with Gasteiger partial charge in [0.05, 0.1) is 6.61 Å². The largest absolute Gasteiger partial charge is 0.494 e. The third kappa shape index (κ3) is 3.61. The Kier molecular flexibility index (Phi) is 5.43. The summed E-state index contributed by atoms with van der Waals surface area (Å²) in [6, 6.07) is 38.0. The molecule has 0 unspecified atom stereocenters. The average Bonchev–Trinajstić information content (AvgIpc) is 2.96. The number of hydrogen-bond acceptors (Lipinski definition) is 1. The topological polar surface area (TPSA) is 9.23 Å². The van der Waals surface area contributed by atoms with Crippen molar-refractivity contribution in [2.75, 3.05) is 6.61 Å². The van der Waals surface area contributed by atoms with Gasteiger partial charge in [-0.2, -0.15) is 0 Å². The van der Waals surface area contributed by atoms with Crippen LogP contribution in [0.15, 0.2) is 103 Å². The van der Waals surface area contributed by atoms with E-state index in [0.717, 1.165) is 18.8 Å². The molecule has 0 aliphatic carbocycles. The Morgan fingerprint density at radius 3 is 2.00 bits per heavy atom. The van der Waals surface area contributed by atoms with Gasteiger partial charge in [0.1, 0.15) is 5.75 Å². The zero-order chi connectivity index (χ0) is 24.8. The molecule has 0 N–H and O–H groups in total. The quantitative estimate of drug-likeness (QED) is 0.126. The predicted molar refractivity (Wildman–Crippen MR) is 160 cm³/mol. The minimum absolute atomic E-state index is 0.789. The van der Waals surface area contributed by atoms with Crippen LogP contribution in [0.3, 0.4) is 0 Å². The standard InChI is InChI=1S/C36H30O/c1-2-3-4-9-21-37-27-19-17-24(18-20-27)33-23-26-22-25-11-5-6-12-28(25)35-30-14-8-7-13-29(30)31-15-10-16-32(33)36(31)34(26)35/h5-8,10-20,22-23H,2-4,9,21H2,1H3. The van der Waals surface area contributed by atoms with Crippen LogP contribution in [-0.2, 0) is 0 Å². The van der Waals surface area contributed by atoms with Gasteiger partial charge in [-0.25, -0.2) is 0 Å². The van der Waals surface area contributed by atoms with E-state index >= 15 is 0 Å². The van der Waals surface area contributed by atoms with Crippen LogP contribution in [0.4, 0.5) is 0 Å². The van der Waals surface area contributed by atoms with Gasteiger partial charge in [-0.1, -0.05) is 105 Å². The van der Waals surface area contributed by atoms with Gasteiger partial charge in [-0.3, -0.25) is 0 Å². The molecular weight excluding hydrogens is 448 g/mol. The molecule has 7 rings (SSSR count). The van der Waals surface area contributed by atoms with Crippen molar-refractivity contribution in [3.8, 4) is 16.9 Å². The van der Waals surface area contributed by atoms with E-state index in [-0.39, 0.29) is 0 Å². The Hall–Kier alpha value is -4.10. The molecule has 0 amide bonds. The summed E-state index contributed by atoms with van der Waals surface area (Å²) in [4.78, 5) is 0. The first-order chi connectivity index (χ1) is 18.3. The lowest BCUT2D eigenvalue weighted by molar-refractivity contribution is 0.305. The fraction of sp³-hybridized carbons (Fsp3) is 0.167. The molecule has 0 aliphatic rings. The molecule has 7 aromatic carbocycles. The third-order valence-corrected chi connectivity index (χ3v) is 7.90. The van der Waals surface area contributed by atoms with Crippen molar-refractivity contribution in [1.29, 1.82) is 0 Å². The fourth-order valence-electron chi connectivity index (χ4n) is 6.16. The molecule has 0 aliphatic heterocycles. The number of benzene rings is 7. The van der Waals surface area contributed by atoms with Crippen LogP contribution in [-0.4, -0.2) is 6.61 Å². The fourth-order valence-corrected chi connectivity index (χ4v) is 6.16. The average molecular weight is 479 g/mol. The van der Waals surface area contributed by atoms with E-state index in [2.05, 4.69) is 110 Å². The summed E-state index contributed by atoms with van der Waals surface area (Å²) in [5.74, 6) is 0.953. The normalized spacial score (nSPS) is 11.9. The number of fused-ring (bicyclic) bond motifs is 5. The van der Waals surface area contributed by atoms with Gasteiger partial charge < -0.3 is 4.74 Å². The highest BCUT2D eigenvalue weighted by Gasteiger charge is 2.18. The van der Waals surface area contributed by atoms with Crippen LogP contribution in [0, 0.1) is 0 Å². The lowest BCUT2D eigenvalue weighted by Gasteiger charge is -2.19. The summed E-state index contributed by atoms with van der Waals surface area (Å²) in [7, 11) is 0. The number of ether oxygens (including phenoxy) is 1. The lowest BCUT2D eigenvalue weighted by Crippen LogP contribution is -1.97. The minimum atomic E-state index is 0.789. The van der Waals surface area contributed by atoms with Gasteiger partial charge in [0.15, 0.2) is 0 Å². The van der Waals surface area contributed by atoms with E-state index < -0.39 is 0 Å².